The van der Waals surface area contributed by atoms with Crippen LogP contribution in [-0.2, 0) is 11.8 Å². The Bertz CT molecular complexity index is 731. The highest BCUT2D eigenvalue weighted by Gasteiger charge is 2.37. The van der Waals surface area contributed by atoms with Crippen LogP contribution in [0.5, 0.6) is 0 Å². The van der Waals surface area contributed by atoms with Gasteiger partial charge in [0.1, 0.15) is 17.7 Å². The number of pyridine rings is 1. The van der Waals surface area contributed by atoms with Crippen LogP contribution in [0.1, 0.15) is 43.2 Å². The Labute approximate surface area is 140 Å². The lowest BCUT2D eigenvalue weighted by atomic mass is 9.94. The van der Waals surface area contributed by atoms with Crippen molar-refractivity contribution in [1.29, 1.82) is 0 Å². The molecule has 1 unspecified atom stereocenters. The first-order chi connectivity index (χ1) is 11.5. The van der Waals surface area contributed by atoms with Gasteiger partial charge in [0.05, 0.1) is 6.20 Å². The highest BCUT2D eigenvalue weighted by atomic mass is 19.1. The molecule has 3 heterocycles. The predicted molar refractivity (Wildman–Crippen MR) is 87.5 cm³/mol. The Balaban J connectivity index is 1.84. The van der Waals surface area contributed by atoms with Gasteiger partial charge in [0.25, 0.3) is 0 Å². The van der Waals surface area contributed by atoms with Gasteiger partial charge in [-0.1, -0.05) is 0 Å². The van der Waals surface area contributed by atoms with Gasteiger partial charge in [0.2, 0.25) is 5.91 Å². The van der Waals surface area contributed by atoms with E-state index < -0.39 is 0 Å². The zero-order valence-electron chi connectivity index (χ0n) is 14.1. The standard InChI is InChI=1S/C17H22FN5O/c1-11(12-8-13(18)10-19-9-12)21-14-4-5-15(24)23(3)16(14)17-20-6-7-22(17)2/h6-11,14,16,21H,4-5H2,1-3H3/t11?,14-,16-/m1/s1. The maximum atomic E-state index is 13.4. The minimum absolute atomic E-state index is 0.0343. The SMILES string of the molecule is CC(N[C@@H]1CCC(=O)N(C)[C@H]1c1nccn1C)c1cncc(F)c1. The number of piperidine rings is 1. The summed E-state index contributed by atoms with van der Waals surface area (Å²) in [6, 6.07) is 1.28. The largest absolute Gasteiger partial charge is 0.336 e. The number of amides is 1. The van der Waals surface area contributed by atoms with Crippen molar-refractivity contribution in [2.24, 2.45) is 7.05 Å². The van der Waals surface area contributed by atoms with Crippen molar-refractivity contribution in [3.63, 3.8) is 0 Å². The summed E-state index contributed by atoms with van der Waals surface area (Å²) in [5.41, 5.74) is 0.785. The number of likely N-dealkylation sites (tertiary alicyclic amines) is 1. The number of carbonyl (C=O) groups excluding carboxylic acids is 1. The Morgan fingerprint density at radius 2 is 2.17 bits per heavy atom. The number of imidazole rings is 1. The van der Waals surface area contributed by atoms with E-state index in [0.29, 0.717) is 12.8 Å². The van der Waals surface area contributed by atoms with Crippen molar-refractivity contribution in [2.75, 3.05) is 7.05 Å². The first-order valence-corrected chi connectivity index (χ1v) is 8.06. The molecule has 1 N–H and O–H groups in total. The summed E-state index contributed by atoms with van der Waals surface area (Å²) in [5.74, 6) is 0.603. The quantitative estimate of drug-likeness (QED) is 0.930. The second kappa shape index (κ2) is 6.68. The number of carbonyl (C=O) groups is 1. The fourth-order valence-electron chi connectivity index (χ4n) is 3.31. The lowest BCUT2D eigenvalue weighted by Crippen LogP contribution is -2.50. The molecular formula is C17H22FN5O. The van der Waals surface area contributed by atoms with E-state index in [2.05, 4.69) is 15.3 Å². The maximum absolute atomic E-state index is 13.4. The van der Waals surface area contributed by atoms with Crippen LogP contribution in [0.4, 0.5) is 4.39 Å². The van der Waals surface area contributed by atoms with Gasteiger partial charge >= 0.3 is 0 Å². The Kier molecular flexibility index (Phi) is 4.62. The third kappa shape index (κ3) is 3.17. The van der Waals surface area contributed by atoms with Crippen LogP contribution in [-0.4, -0.2) is 38.4 Å². The summed E-state index contributed by atoms with van der Waals surface area (Å²) >= 11 is 0. The van der Waals surface area contributed by atoms with Gasteiger partial charge in [0, 0.05) is 51.2 Å². The number of aryl methyl sites for hydroxylation is 1. The van der Waals surface area contributed by atoms with Crippen molar-refractivity contribution in [3.8, 4) is 0 Å². The number of hydrogen-bond acceptors (Lipinski definition) is 4. The first kappa shape index (κ1) is 16.6. The van der Waals surface area contributed by atoms with Gasteiger partial charge in [-0.3, -0.25) is 9.78 Å². The van der Waals surface area contributed by atoms with Crippen LogP contribution in [0.15, 0.2) is 30.9 Å². The summed E-state index contributed by atoms with van der Waals surface area (Å²) in [6.45, 7) is 1.97. The number of nitrogens with one attached hydrogen (secondary N) is 1. The molecule has 0 saturated carbocycles. The molecule has 6 nitrogen and oxygen atoms in total. The highest BCUT2D eigenvalue weighted by molar-refractivity contribution is 5.77. The highest BCUT2D eigenvalue weighted by Crippen LogP contribution is 2.31. The van der Waals surface area contributed by atoms with Gasteiger partial charge in [-0.05, 0) is 25.0 Å². The summed E-state index contributed by atoms with van der Waals surface area (Å²) in [7, 11) is 3.73. The molecule has 3 atom stereocenters. The topological polar surface area (TPSA) is 63.1 Å². The third-order valence-corrected chi connectivity index (χ3v) is 4.67. The number of nitrogens with zero attached hydrogens (tertiary/aromatic N) is 4. The summed E-state index contributed by atoms with van der Waals surface area (Å²) < 4.78 is 15.3. The fourth-order valence-corrected chi connectivity index (χ4v) is 3.31. The lowest BCUT2D eigenvalue weighted by Gasteiger charge is -2.40. The lowest BCUT2D eigenvalue weighted by molar-refractivity contribution is -0.136. The predicted octanol–water partition coefficient (Wildman–Crippen LogP) is 1.97. The average molecular weight is 331 g/mol. The van der Waals surface area contributed by atoms with Crippen LogP contribution in [0.25, 0.3) is 0 Å². The summed E-state index contributed by atoms with van der Waals surface area (Å²) in [6.07, 6.45) is 7.67. The van der Waals surface area contributed by atoms with Gasteiger partial charge in [-0.15, -0.1) is 0 Å². The number of likely N-dealkylation sites (N-methyl/N-ethyl adjacent to an activating group) is 1. The molecule has 0 aromatic carbocycles. The van der Waals surface area contributed by atoms with Gasteiger partial charge < -0.3 is 14.8 Å². The van der Waals surface area contributed by atoms with Crippen molar-refractivity contribution in [3.05, 3.63) is 48.1 Å². The monoisotopic (exact) mass is 331 g/mol. The molecular weight excluding hydrogens is 309 g/mol. The van der Waals surface area contributed by atoms with E-state index in [4.69, 9.17) is 0 Å². The molecule has 24 heavy (non-hydrogen) atoms. The van der Waals surface area contributed by atoms with Crippen molar-refractivity contribution in [1.82, 2.24) is 24.8 Å². The minimum Gasteiger partial charge on any atom is -0.336 e. The van der Waals surface area contributed by atoms with E-state index in [0.717, 1.165) is 11.4 Å². The van der Waals surface area contributed by atoms with Gasteiger partial charge in [0.15, 0.2) is 0 Å². The molecule has 2 aromatic heterocycles. The average Bonchev–Trinajstić information content (AvgIpc) is 2.97. The van der Waals surface area contributed by atoms with Gasteiger partial charge in [-0.2, -0.15) is 0 Å². The first-order valence-electron chi connectivity index (χ1n) is 8.06. The Hall–Kier alpha value is -2.28. The number of aromatic nitrogens is 3. The van der Waals surface area contributed by atoms with E-state index in [-0.39, 0.29) is 29.8 Å². The Morgan fingerprint density at radius 3 is 2.83 bits per heavy atom. The van der Waals surface area contributed by atoms with Crippen LogP contribution in [0.2, 0.25) is 0 Å². The number of hydrogen-bond donors (Lipinski definition) is 1. The van der Waals surface area contributed by atoms with E-state index in [1.807, 2.05) is 31.8 Å². The number of halogens is 1. The summed E-state index contributed by atoms with van der Waals surface area (Å²) in [5, 5.41) is 3.52. The molecule has 3 rings (SSSR count). The molecule has 7 heteroatoms. The third-order valence-electron chi connectivity index (χ3n) is 4.67. The van der Waals surface area contributed by atoms with Crippen LogP contribution in [0, 0.1) is 5.82 Å². The molecule has 1 amide bonds. The van der Waals surface area contributed by atoms with Crippen molar-refractivity contribution >= 4 is 5.91 Å². The van der Waals surface area contributed by atoms with Crippen molar-refractivity contribution in [2.45, 2.75) is 37.9 Å². The normalized spacial score (nSPS) is 22.7. The number of rotatable bonds is 4. The maximum Gasteiger partial charge on any atom is 0.223 e. The van der Waals surface area contributed by atoms with Crippen molar-refractivity contribution < 1.29 is 9.18 Å². The molecule has 0 spiro atoms. The molecule has 1 aliphatic rings. The molecule has 0 radical (unpaired) electrons. The molecule has 128 valence electrons. The zero-order valence-corrected chi connectivity index (χ0v) is 14.1. The smallest absolute Gasteiger partial charge is 0.223 e. The van der Waals surface area contributed by atoms with Crippen LogP contribution >= 0.6 is 0 Å². The molecule has 1 saturated heterocycles. The molecule has 0 aliphatic carbocycles. The molecule has 1 fully saturated rings. The van der Waals surface area contributed by atoms with E-state index in [1.54, 1.807) is 17.3 Å². The minimum atomic E-state index is -0.349. The van der Waals surface area contributed by atoms with Crippen LogP contribution < -0.4 is 5.32 Å². The zero-order chi connectivity index (χ0) is 17.3. The van der Waals surface area contributed by atoms with E-state index in [1.165, 1.54) is 12.3 Å². The molecule has 1 aliphatic heterocycles. The van der Waals surface area contributed by atoms with Crippen LogP contribution in [0.3, 0.4) is 0 Å². The van der Waals surface area contributed by atoms with Gasteiger partial charge in [-0.25, -0.2) is 9.37 Å². The fraction of sp³-hybridized carbons (Fsp3) is 0.471. The second-order valence-electron chi connectivity index (χ2n) is 6.32. The summed E-state index contributed by atoms with van der Waals surface area (Å²) in [4.78, 5) is 22.2. The molecule has 2 aromatic rings. The van der Waals surface area contributed by atoms with E-state index >= 15 is 0 Å². The van der Waals surface area contributed by atoms with E-state index in [9.17, 15) is 9.18 Å². The molecule has 0 bridgehead atoms. The second-order valence-corrected chi connectivity index (χ2v) is 6.32. The Morgan fingerprint density at radius 1 is 1.38 bits per heavy atom.